The van der Waals surface area contributed by atoms with E-state index in [0.29, 0.717) is 0 Å². The van der Waals surface area contributed by atoms with Crippen LogP contribution in [-0.2, 0) is 19.2 Å². The number of hydrogen-bond acceptors (Lipinski definition) is 6. The van der Waals surface area contributed by atoms with Crippen molar-refractivity contribution in [3.05, 3.63) is 60.7 Å². The molecule has 3 aliphatic carbocycles. The summed E-state index contributed by atoms with van der Waals surface area (Å²) in [5.41, 5.74) is 0.552. The highest BCUT2D eigenvalue weighted by Crippen LogP contribution is 2.58. The number of nitrogens with zero attached hydrogens (tertiary/aromatic N) is 2. The molecule has 1 saturated carbocycles. The molecular weight excluding hydrogens is 412 g/mol. The van der Waals surface area contributed by atoms with Crippen molar-refractivity contribution in [3.8, 4) is 11.5 Å². The van der Waals surface area contributed by atoms with Gasteiger partial charge in [-0.15, -0.1) is 0 Å². The molecule has 2 N–H and O–H groups in total. The number of phenols is 2. The van der Waals surface area contributed by atoms with Crippen molar-refractivity contribution in [3.63, 3.8) is 0 Å². The van der Waals surface area contributed by atoms with Gasteiger partial charge in [0.2, 0.25) is 23.6 Å². The summed E-state index contributed by atoms with van der Waals surface area (Å²) in [6.07, 6.45) is 3.59. The van der Waals surface area contributed by atoms with Crippen LogP contribution in [0, 0.1) is 35.5 Å². The minimum Gasteiger partial charge on any atom is -0.508 e. The van der Waals surface area contributed by atoms with Crippen LogP contribution < -0.4 is 9.80 Å². The largest absolute Gasteiger partial charge is 0.508 e. The van der Waals surface area contributed by atoms with Gasteiger partial charge < -0.3 is 10.2 Å². The molecule has 2 aromatic rings. The third kappa shape index (κ3) is 2.26. The fraction of sp³-hybridized carbons (Fsp3) is 0.250. The number of hydrogen-bond donors (Lipinski definition) is 2. The number of amides is 4. The first-order valence-electron chi connectivity index (χ1n) is 10.4. The Balaban J connectivity index is 1.41. The normalized spacial score (nSPS) is 32.6. The Morgan fingerprint density at radius 1 is 0.562 bits per heavy atom. The number of rotatable bonds is 2. The monoisotopic (exact) mass is 430 g/mol. The predicted octanol–water partition coefficient (Wildman–Crippen LogP) is 1.82. The van der Waals surface area contributed by atoms with E-state index < -0.39 is 59.1 Å². The Morgan fingerprint density at radius 2 is 0.906 bits per heavy atom. The number of benzene rings is 2. The first-order valence-corrected chi connectivity index (χ1v) is 10.4. The number of carbonyl (C=O) groups is 4. The highest BCUT2D eigenvalue weighted by atomic mass is 16.3. The lowest BCUT2D eigenvalue weighted by Gasteiger charge is -2.44. The van der Waals surface area contributed by atoms with Gasteiger partial charge in [-0.2, -0.15) is 0 Å². The number of anilines is 2. The summed E-state index contributed by atoms with van der Waals surface area (Å²) in [6, 6.07) is 11.8. The molecule has 2 bridgehead atoms. The summed E-state index contributed by atoms with van der Waals surface area (Å²) in [7, 11) is 0. The molecule has 2 aliphatic heterocycles. The van der Waals surface area contributed by atoms with E-state index >= 15 is 0 Å². The molecule has 0 radical (unpaired) electrons. The first-order chi connectivity index (χ1) is 15.4. The van der Waals surface area contributed by atoms with Crippen molar-refractivity contribution in [1.82, 2.24) is 0 Å². The quantitative estimate of drug-likeness (QED) is 0.555. The van der Waals surface area contributed by atoms with Crippen LogP contribution in [0.5, 0.6) is 11.5 Å². The zero-order valence-electron chi connectivity index (χ0n) is 16.7. The molecule has 2 unspecified atom stereocenters. The summed E-state index contributed by atoms with van der Waals surface area (Å²) in [6.45, 7) is 0. The molecule has 0 aromatic heterocycles. The molecule has 7 rings (SSSR count). The van der Waals surface area contributed by atoms with E-state index in [-0.39, 0.29) is 22.9 Å². The van der Waals surface area contributed by atoms with Gasteiger partial charge in [-0.25, -0.2) is 9.80 Å². The predicted molar refractivity (Wildman–Crippen MR) is 111 cm³/mol. The first kappa shape index (κ1) is 18.8. The van der Waals surface area contributed by atoms with Gasteiger partial charge in [0.1, 0.15) is 11.5 Å². The van der Waals surface area contributed by atoms with Crippen LogP contribution >= 0.6 is 0 Å². The lowest BCUT2D eigenvalue weighted by atomic mass is 9.54. The average Bonchev–Trinajstić information content (AvgIpc) is 3.21. The molecule has 2 saturated heterocycles. The molecule has 4 amide bonds. The SMILES string of the molecule is O=C1[C@@H]2C3C=CC([C@H]2C(=O)N1c1cccc(O)c1)[C@@H]1C(=O)N(c2cccc(O)c2)C(=O)[C@H]31. The molecule has 8 heteroatoms. The Bertz CT molecular complexity index is 1110. The maximum absolute atomic E-state index is 13.4. The zero-order chi connectivity index (χ0) is 22.3. The van der Waals surface area contributed by atoms with E-state index in [0.717, 1.165) is 9.80 Å². The van der Waals surface area contributed by atoms with Gasteiger partial charge in [-0.1, -0.05) is 24.3 Å². The molecule has 0 spiro atoms. The second-order valence-electron chi connectivity index (χ2n) is 8.71. The topological polar surface area (TPSA) is 115 Å². The van der Waals surface area contributed by atoms with Crippen LogP contribution in [-0.4, -0.2) is 33.8 Å². The minimum atomic E-state index is -0.734. The standard InChI is InChI=1S/C24H18N2O6/c27-13-5-1-3-11(9-13)25-21(29)17-15-7-8-16(18(17)22(25)30)20-19(15)23(31)26(24(20)32)12-4-2-6-14(28)10-12/h1-10,15-20,27-28H/t15?,16?,17-,18-,19-,20+/m1/s1. The van der Waals surface area contributed by atoms with Crippen LogP contribution in [0.15, 0.2) is 60.7 Å². The molecule has 32 heavy (non-hydrogen) atoms. The Hall–Kier alpha value is -3.94. The van der Waals surface area contributed by atoms with Crippen LogP contribution in [0.2, 0.25) is 0 Å². The van der Waals surface area contributed by atoms with Gasteiger partial charge in [-0.3, -0.25) is 19.2 Å². The molecule has 8 nitrogen and oxygen atoms in total. The summed E-state index contributed by atoms with van der Waals surface area (Å²) >= 11 is 0. The summed E-state index contributed by atoms with van der Waals surface area (Å²) < 4.78 is 0. The highest BCUT2D eigenvalue weighted by Gasteiger charge is 2.68. The van der Waals surface area contributed by atoms with Crippen LogP contribution in [0.1, 0.15) is 0 Å². The molecular formula is C24H18N2O6. The van der Waals surface area contributed by atoms with Crippen LogP contribution in [0.25, 0.3) is 0 Å². The second-order valence-corrected chi connectivity index (χ2v) is 8.71. The third-order valence-electron chi connectivity index (χ3n) is 7.19. The molecule has 3 fully saturated rings. The number of carbonyl (C=O) groups excluding carboxylic acids is 4. The fourth-order valence-electron chi connectivity index (χ4n) is 6.00. The van der Waals surface area contributed by atoms with E-state index in [1.54, 1.807) is 36.4 Å². The molecule has 160 valence electrons. The summed E-state index contributed by atoms with van der Waals surface area (Å²) in [4.78, 5) is 55.6. The number of aromatic hydroxyl groups is 2. The zero-order valence-corrected chi connectivity index (χ0v) is 16.7. The Morgan fingerprint density at radius 3 is 1.22 bits per heavy atom. The lowest BCUT2D eigenvalue weighted by Crippen LogP contribution is -2.50. The fourth-order valence-corrected chi connectivity index (χ4v) is 6.00. The Labute approximate surface area is 182 Å². The number of phenolic OH excluding ortho intramolecular Hbond substituents is 2. The van der Waals surface area contributed by atoms with Crippen LogP contribution in [0.4, 0.5) is 11.4 Å². The number of allylic oxidation sites excluding steroid dienone is 2. The van der Waals surface area contributed by atoms with E-state index in [1.165, 1.54) is 24.3 Å². The van der Waals surface area contributed by atoms with Crippen molar-refractivity contribution in [2.75, 3.05) is 9.80 Å². The van der Waals surface area contributed by atoms with Gasteiger partial charge in [0.05, 0.1) is 35.0 Å². The van der Waals surface area contributed by atoms with Crippen molar-refractivity contribution < 1.29 is 29.4 Å². The second kappa shape index (κ2) is 6.29. The summed E-state index contributed by atoms with van der Waals surface area (Å²) in [5.74, 6) is -5.89. The average molecular weight is 430 g/mol. The maximum atomic E-state index is 13.4. The van der Waals surface area contributed by atoms with E-state index in [2.05, 4.69) is 0 Å². The van der Waals surface area contributed by atoms with Gasteiger partial charge >= 0.3 is 0 Å². The molecule has 2 aromatic carbocycles. The van der Waals surface area contributed by atoms with Crippen molar-refractivity contribution in [2.24, 2.45) is 35.5 Å². The van der Waals surface area contributed by atoms with Crippen molar-refractivity contribution >= 4 is 35.0 Å². The van der Waals surface area contributed by atoms with E-state index in [1.807, 2.05) is 0 Å². The van der Waals surface area contributed by atoms with Crippen LogP contribution in [0.3, 0.4) is 0 Å². The van der Waals surface area contributed by atoms with Gasteiger partial charge in [0, 0.05) is 24.0 Å². The molecule has 5 aliphatic rings. The smallest absolute Gasteiger partial charge is 0.238 e. The number of imide groups is 2. The van der Waals surface area contributed by atoms with Gasteiger partial charge in [0.25, 0.3) is 0 Å². The maximum Gasteiger partial charge on any atom is 0.238 e. The van der Waals surface area contributed by atoms with Crippen molar-refractivity contribution in [1.29, 1.82) is 0 Å². The van der Waals surface area contributed by atoms with Crippen molar-refractivity contribution in [2.45, 2.75) is 0 Å². The van der Waals surface area contributed by atoms with E-state index in [4.69, 9.17) is 0 Å². The molecule has 6 atom stereocenters. The lowest BCUT2D eigenvalue weighted by molar-refractivity contribution is -0.137. The Kier molecular flexibility index (Phi) is 3.69. The van der Waals surface area contributed by atoms with Gasteiger partial charge in [-0.05, 0) is 24.3 Å². The summed E-state index contributed by atoms with van der Waals surface area (Å²) in [5, 5.41) is 19.6. The molecule has 2 heterocycles. The minimum absolute atomic E-state index is 0.0666. The third-order valence-corrected chi connectivity index (χ3v) is 7.19. The highest BCUT2D eigenvalue weighted by molar-refractivity contribution is 6.26. The van der Waals surface area contributed by atoms with Gasteiger partial charge in [0.15, 0.2) is 0 Å². The van der Waals surface area contributed by atoms with E-state index in [9.17, 15) is 29.4 Å².